The first-order chi connectivity index (χ1) is 10.6. The molecule has 1 atom stereocenters. The number of carbonyl (C=O) groups excluding carboxylic acids is 2. The van der Waals surface area contributed by atoms with Crippen molar-refractivity contribution in [3.8, 4) is 5.75 Å². The van der Waals surface area contributed by atoms with E-state index < -0.39 is 5.97 Å². The Hall–Kier alpha value is -2.39. The Morgan fingerprint density at radius 2 is 1.82 bits per heavy atom. The maximum atomic E-state index is 12.4. The molecule has 1 aliphatic rings. The van der Waals surface area contributed by atoms with Crippen molar-refractivity contribution < 1.29 is 14.3 Å². The lowest BCUT2D eigenvalue weighted by atomic mass is 9.84. The number of fused-ring (bicyclic) bond motifs is 1. The van der Waals surface area contributed by atoms with Gasteiger partial charge < -0.3 is 4.74 Å². The van der Waals surface area contributed by atoms with Gasteiger partial charge in [-0.25, -0.2) is 4.79 Å². The van der Waals surface area contributed by atoms with Crippen LogP contribution in [0.25, 0.3) is 0 Å². The minimum atomic E-state index is -0.479. The Bertz CT molecular complexity index is 762. The molecule has 3 nitrogen and oxygen atoms in total. The molecule has 3 rings (SSSR count). The van der Waals surface area contributed by atoms with E-state index in [9.17, 15) is 9.59 Å². The Morgan fingerprint density at radius 3 is 2.55 bits per heavy atom. The number of hydrogen-bond donors (Lipinski definition) is 0. The molecule has 22 heavy (non-hydrogen) atoms. The molecule has 2 aromatic rings. The van der Waals surface area contributed by atoms with Crippen molar-refractivity contribution in [2.45, 2.75) is 12.3 Å². The lowest BCUT2D eigenvalue weighted by Gasteiger charge is -2.25. The second kappa shape index (κ2) is 5.78. The smallest absolute Gasteiger partial charge is 0.339 e. The van der Waals surface area contributed by atoms with E-state index in [0.29, 0.717) is 21.9 Å². The number of carbonyl (C=O) groups is 2. The summed E-state index contributed by atoms with van der Waals surface area (Å²) in [6.07, 6.45) is 0.173. The summed E-state index contributed by atoms with van der Waals surface area (Å²) in [5.41, 5.74) is 1.68. The first-order valence-corrected chi connectivity index (χ1v) is 7.22. The molecule has 0 radical (unpaired) electrons. The largest absolute Gasteiger partial charge is 0.423 e. The number of hydrogen-bond acceptors (Lipinski definition) is 3. The summed E-state index contributed by atoms with van der Waals surface area (Å²) in [5, 5.41) is 0.576. The van der Waals surface area contributed by atoms with Crippen LogP contribution in [0.5, 0.6) is 5.75 Å². The Balaban J connectivity index is 1.90. The summed E-state index contributed by atoms with van der Waals surface area (Å²) in [7, 11) is 0. The molecule has 2 aromatic carbocycles. The van der Waals surface area contributed by atoms with Crippen molar-refractivity contribution in [3.05, 3.63) is 76.8 Å². The van der Waals surface area contributed by atoms with Crippen molar-refractivity contribution in [1.29, 1.82) is 0 Å². The van der Waals surface area contributed by atoms with Gasteiger partial charge in [-0.3, -0.25) is 4.79 Å². The molecular formula is C18H13ClO3. The molecule has 110 valence electrons. The average molecular weight is 313 g/mol. The highest BCUT2D eigenvalue weighted by molar-refractivity contribution is 6.30. The van der Waals surface area contributed by atoms with Gasteiger partial charge >= 0.3 is 5.97 Å². The highest BCUT2D eigenvalue weighted by atomic mass is 35.5. The molecule has 1 aliphatic heterocycles. The molecule has 0 spiro atoms. The molecule has 0 saturated carbocycles. The van der Waals surface area contributed by atoms with E-state index in [1.54, 1.807) is 36.4 Å². The van der Waals surface area contributed by atoms with Crippen LogP contribution in [0.4, 0.5) is 0 Å². The zero-order chi connectivity index (χ0) is 15.7. The monoisotopic (exact) mass is 312 g/mol. The Morgan fingerprint density at radius 1 is 1.14 bits per heavy atom. The highest BCUT2D eigenvalue weighted by Gasteiger charge is 2.32. The van der Waals surface area contributed by atoms with Gasteiger partial charge in [-0.2, -0.15) is 0 Å². The molecule has 0 amide bonds. The second-order valence-corrected chi connectivity index (χ2v) is 5.58. The van der Waals surface area contributed by atoms with E-state index in [4.69, 9.17) is 16.3 Å². The summed E-state index contributed by atoms with van der Waals surface area (Å²) >= 11 is 5.83. The predicted molar refractivity (Wildman–Crippen MR) is 84.4 cm³/mol. The van der Waals surface area contributed by atoms with Gasteiger partial charge in [0.2, 0.25) is 0 Å². The van der Waals surface area contributed by atoms with Gasteiger partial charge in [0.05, 0.1) is 0 Å². The zero-order valence-electron chi connectivity index (χ0n) is 11.7. The molecule has 0 bridgehead atoms. The summed E-state index contributed by atoms with van der Waals surface area (Å²) in [4.78, 5) is 24.3. The molecule has 0 aliphatic carbocycles. The maximum absolute atomic E-state index is 12.4. The van der Waals surface area contributed by atoms with Crippen LogP contribution >= 0.6 is 11.6 Å². The van der Waals surface area contributed by atoms with Crippen molar-refractivity contribution in [2.24, 2.45) is 0 Å². The third-order valence-electron chi connectivity index (χ3n) is 3.74. The van der Waals surface area contributed by atoms with E-state index in [2.05, 4.69) is 6.58 Å². The van der Waals surface area contributed by atoms with Crippen molar-refractivity contribution in [3.63, 3.8) is 0 Å². The van der Waals surface area contributed by atoms with E-state index in [1.165, 1.54) is 0 Å². The van der Waals surface area contributed by atoms with Gasteiger partial charge in [0.25, 0.3) is 0 Å². The maximum Gasteiger partial charge on any atom is 0.339 e. The fourth-order valence-electron chi connectivity index (χ4n) is 2.53. The van der Waals surface area contributed by atoms with Crippen LogP contribution in [0.15, 0.2) is 60.7 Å². The predicted octanol–water partition coefficient (Wildman–Crippen LogP) is 4.17. The van der Waals surface area contributed by atoms with Crippen LogP contribution in [0.1, 0.15) is 28.3 Å². The minimum absolute atomic E-state index is 0.0627. The number of halogens is 1. The normalized spacial score (nSPS) is 16.9. The van der Waals surface area contributed by atoms with Crippen LogP contribution in [-0.2, 0) is 4.79 Å². The molecule has 0 unspecified atom stereocenters. The molecule has 0 N–H and O–H groups in total. The number of ether oxygens (including phenoxy) is 1. The van der Waals surface area contributed by atoms with Crippen LogP contribution < -0.4 is 4.74 Å². The van der Waals surface area contributed by atoms with Gasteiger partial charge in [0.1, 0.15) is 5.75 Å². The standard InChI is InChI=1S/C18H13ClO3/c1-11-15(10-16(20)12-6-8-13(19)9-7-12)14-4-2-3-5-17(14)22-18(11)21/h2-9,15H,1,10H2/t15-/m1/s1. The molecule has 1 heterocycles. The number of esters is 1. The van der Waals surface area contributed by atoms with Gasteiger partial charge in [-0.1, -0.05) is 36.4 Å². The second-order valence-electron chi connectivity index (χ2n) is 5.14. The number of para-hydroxylation sites is 1. The Kier molecular flexibility index (Phi) is 3.82. The quantitative estimate of drug-likeness (QED) is 0.370. The van der Waals surface area contributed by atoms with Crippen molar-refractivity contribution in [1.82, 2.24) is 0 Å². The van der Waals surface area contributed by atoms with E-state index >= 15 is 0 Å². The summed E-state index contributed by atoms with van der Waals surface area (Å²) in [5.74, 6) is -0.408. The Labute approximate surface area is 133 Å². The lowest BCUT2D eigenvalue weighted by Crippen LogP contribution is -2.24. The summed E-state index contributed by atoms with van der Waals surface area (Å²) < 4.78 is 5.21. The molecule has 0 aromatic heterocycles. The SMILES string of the molecule is C=C1C(=O)Oc2ccccc2[C@@H]1CC(=O)c1ccc(Cl)cc1. The van der Waals surface area contributed by atoms with Crippen LogP contribution in [-0.4, -0.2) is 11.8 Å². The summed E-state index contributed by atoms with van der Waals surface area (Å²) in [6.45, 7) is 3.79. The van der Waals surface area contributed by atoms with Gasteiger partial charge in [-0.15, -0.1) is 0 Å². The number of Topliss-reactive ketones (excluding diaryl/α,β-unsaturated/α-hetero) is 1. The van der Waals surface area contributed by atoms with Crippen LogP contribution in [0, 0.1) is 0 Å². The van der Waals surface area contributed by atoms with Crippen molar-refractivity contribution >= 4 is 23.4 Å². The number of rotatable bonds is 3. The summed E-state index contributed by atoms with van der Waals surface area (Å²) in [6, 6.07) is 13.9. The van der Waals surface area contributed by atoms with Gasteiger partial charge in [0.15, 0.2) is 5.78 Å². The van der Waals surface area contributed by atoms with Crippen LogP contribution in [0.2, 0.25) is 5.02 Å². The highest BCUT2D eigenvalue weighted by Crippen LogP contribution is 2.39. The number of ketones is 1. The fourth-order valence-corrected chi connectivity index (χ4v) is 2.65. The molecule has 0 saturated heterocycles. The van der Waals surface area contributed by atoms with Crippen LogP contribution in [0.3, 0.4) is 0 Å². The van der Waals surface area contributed by atoms with E-state index in [1.807, 2.05) is 12.1 Å². The fraction of sp³-hybridized carbons (Fsp3) is 0.111. The topological polar surface area (TPSA) is 43.4 Å². The molecule has 0 fully saturated rings. The third kappa shape index (κ3) is 2.68. The van der Waals surface area contributed by atoms with Gasteiger partial charge in [0, 0.05) is 34.1 Å². The molecular weight excluding hydrogens is 300 g/mol. The van der Waals surface area contributed by atoms with E-state index in [0.717, 1.165) is 5.56 Å². The first kappa shape index (κ1) is 14.5. The molecule has 4 heteroatoms. The first-order valence-electron chi connectivity index (χ1n) is 6.85. The van der Waals surface area contributed by atoms with Gasteiger partial charge in [-0.05, 0) is 30.3 Å². The minimum Gasteiger partial charge on any atom is -0.423 e. The van der Waals surface area contributed by atoms with E-state index in [-0.39, 0.29) is 18.1 Å². The van der Waals surface area contributed by atoms with Crippen molar-refractivity contribution in [2.75, 3.05) is 0 Å². The lowest BCUT2D eigenvalue weighted by molar-refractivity contribution is -0.131. The third-order valence-corrected chi connectivity index (χ3v) is 3.99. The average Bonchev–Trinajstić information content (AvgIpc) is 2.52. The number of benzene rings is 2. The zero-order valence-corrected chi connectivity index (χ0v) is 12.5.